The normalized spacial score (nSPS) is 15.6. The average molecular weight is 457 g/mol. The third-order valence-corrected chi connectivity index (χ3v) is 6.44. The summed E-state index contributed by atoms with van der Waals surface area (Å²) in [5.74, 6) is -1.83. The molecule has 3 aromatic rings. The second-order valence-electron chi connectivity index (χ2n) is 8.00. The number of anilines is 1. The Morgan fingerprint density at radius 2 is 1.84 bits per heavy atom. The van der Waals surface area contributed by atoms with E-state index < -0.39 is 28.8 Å². The fourth-order valence-electron chi connectivity index (χ4n) is 4.72. The van der Waals surface area contributed by atoms with Crippen molar-refractivity contribution in [1.82, 2.24) is 18.9 Å². The fraction of sp³-hybridized carbons (Fsp3) is 0.333. The third-order valence-electron chi connectivity index (χ3n) is 6.19. The Balaban J connectivity index is 1.84. The van der Waals surface area contributed by atoms with Crippen LogP contribution in [0.25, 0.3) is 11.4 Å². The van der Waals surface area contributed by atoms with Gasteiger partial charge < -0.3 is 14.8 Å². The standard InChI is InChI=1S/C21H20ClN5O5/c1-11(19(29)30)15-14-3-2-8-24-9-10-25(17(14)24)18(28)16(15)27-21(32)26(20(31)23-27)13-6-4-12(22)5-7-13/h4-7,11H,2-3,8-10H2,1H3,(H,23,31)(H,29,30)/p-1. The first-order valence-corrected chi connectivity index (χ1v) is 10.6. The van der Waals surface area contributed by atoms with E-state index in [1.807, 2.05) is 0 Å². The molecular weight excluding hydrogens is 438 g/mol. The van der Waals surface area contributed by atoms with Crippen LogP contribution in [0.4, 0.5) is 5.82 Å². The molecule has 0 radical (unpaired) electrons. The van der Waals surface area contributed by atoms with Crippen molar-refractivity contribution < 1.29 is 9.90 Å². The van der Waals surface area contributed by atoms with Gasteiger partial charge in [-0.1, -0.05) is 18.5 Å². The van der Waals surface area contributed by atoms with E-state index >= 15 is 0 Å². The molecule has 166 valence electrons. The number of carboxylic acids is 1. The minimum atomic E-state index is -1.37. The Morgan fingerprint density at radius 3 is 2.53 bits per heavy atom. The highest BCUT2D eigenvalue weighted by Crippen LogP contribution is 2.37. The molecule has 2 aromatic heterocycles. The van der Waals surface area contributed by atoms with Gasteiger partial charge in [0.05, 0.1) is 5.69 Å². The lowest BCUT2D eigenvalue weighted by Crippen LogP contribution is -2.38. The number of carbonyl (C=O) groups is 1. The highest BCUT2D eigenvalue weighted by atomic mass is 35.5. The van der Waals surface area contributed by atoms with Crippen molar-refractivity contribution in [2.24, 2.45) is 0 Å². The second kappa shape index (κ2) is 7.27. The quantitative estimate of drug-likeness (QED) is 0.577. The van der Waals surface area contributed by atoms with Crippen LogP contribution < -0.4 is 26.9 Å². The highest BCUT2D eigenvalue weighted by Gasteiger charge is 2.35. The van der Waals surface area contributed by atoms with E-state index in [-0.39, 0.29) is 16.9 Å². The molecule has 1 N–H and O–H groups in total. The summed E-state index contributed by atoms with van der Waals surface area (Å²) in [6.07, 6.45) is 1.34. The summed E-state index contributed by atoms with van der Waals surface area (Å²) in [4.78, 5) is 53.4. The van der Waals surface area contributed by atoms with Crippen LogP contribution >= 0.6 is 11.6 Å². The van der Waals surface area contributed by atoms with Crippen molar-refractivity contribution in [1.29, 1.82) is 0 Å². The second-order valence-corrected chi connectivity index (χ2v) is 8.44. The lowest BCUT2D eigenvalue weighted by atomic mass is 9.90. The van der Waals surface area contributed by atoms with Gasteiger partial charge in [-0.3, -0.25) is 9.36 Å². The number of carboxylic acid groups (broad SMARTS) is 1. The predicted octanol–water partition coefficient (Wildman–Crippen LogP) is -0.249. The fourth-order valence-corrected chi connectivity index (χ4v) is 4.85. The Labute approximate surface area is 185 Å². The van der Waals surface area contributed by atoms with Crippen LogP contribution in [-0.2, 0) is 17.8 Å². The van der Waals surface area contributed by atoms with Crippen LogP contribution in [0.15, 0.2) is 38.6 Å². The molecule has 0 amide bonds. The zero-order valence-corrected chi connectivity index (χ0v) is 17.9. The first-order chi connectivity index (χ1) is 15.3. The molecule has 2 aliphatic heterocycles. The first-order valence-electron chi connectivity index (χ1n) is 10.3. The minimum absolute atomic E-state index is 0.154. The molecule has 1 aromatic carbocycles. The molecule has 10 nitrogen and oxygen atoms in total. The number of nitrogens with zero attached hydrogens (tertiary/aromatic N) is 4. The molecule has 0 bridgehead atoms. The van der Waals surface area contributed by atoms with Gasteiger partial charge in [0.1, 0.15) is 11.5 Å². The van der Waals surface area contributed by atoms with Crippen LogP contribution in [0.2, 0.25) is 5.02 Å². The number of aliphatic carboxylic acids is 1. The summed E-state index contributed by atoms with van der Waals surface area (Å²) in [6, 6.07) is 6.08. The molecule has 0 fully saturated rings. The lowest BCUT2D eigenvalue weighted by molar-refractivity contribution is -0.307. The van der Waals surface area contributed by atoms with E-state index in [1.54, 1.807) is 4.57 Å². The topological polar surface area (TPSA) is 125 Å². The maximum atomic E-state index is 13.5. The van der Waals surface area contributed by atoms with E-state index in [0.717, 1.165) is 22.2 Å². The van der Waals surface area contributed by atoms with Crippen molar-refractivity contribution >= 4 is 23.4 Å². The third kappa shape index (κ3) is 2.86. The molecule has 2 aliphatic rings. The van der Waals surface area contributed by atoms with E-state index in [1.165, 1.54) is 31.2 Å². The van der Waals surface area contributed by atoms with Crippen LogP contribution in [0.1, 0.15) is 30.4 Å². The van der Waals surface area contributed by atoms with Gasteiger partial charge in [0.2, 0.25) is 0 Å². The number of H-pyrrole nitrogens is 1. The summed E-state index contributed by atoms with van der Waals surface area (Å²) in [6.45, 7) is 3.25. The number of rotatable bonds is 4. The zero-order valence-electron chi connectivity index (χ0n) is 17.1. The summed E-state index contributed by atoms with van der Waals surface area (Å²) in [5.41, 5.74) is -1.07. The van der Waals surface area contributed by atoms with Gasteiger partial charge in [-0.25, -0.2) is 19.3 Å². The zero-order chi connectivity index (χ0) is 22.7. The maximum Gasteiger partial charge on any atom is 0.356 e. The number of nitrogens with one attached hydrogen (secondary N) is 1. The largest absolute Gasteiger partial charge is 0.550 e. The molecule has 4 heterocycles. The highest BCUT2D eigenvalue weighted by molar-refractivity contribution is 6.30. The summed E-state index contributed by atoms with van der Waals surface area (Å²) >= 11 is 5.90. The van der Waals surface area contributed by atoms with Crippen molar-refractivity contribution in [3.05, 3.63) is 71.7 Å². The Bertz CT molecular complexity index is 1430. The Kier molecular flexibility index (Phi) is 4.63. The number of pyridine rings is 1. The number of halogens is 1. The van der Waals surface area contributed by atoms with E-state index in [0.29, 0.717) is 35.9 Å². The average Bonchev–Trinajstić information content (AvgIpc) is 3.32. The van der Waals surface area contributed by atoms with Crippen molar-refractivity contribution in [3.63, 3.8) is 0 Å². The van der Waals surface area contributed by atoms with E-state index in [4.69, 9.17) is 11.6 Å². The molecule has 11 heteroatoms. The molecule has 0 spiro atoms. The lowest BCUT2D eigenvalue weighted by Gasteiger charge is -2.31. The molecule has 0 aliphatic carbocycles. The smallest absolute Gasteiger partial charge is 0.356 e. The first kappa shape index (κ1) is 20.4. The van der Waals surface area contributed by atoms with Crippen LogP contribution in [0, 0.1) is 0 Å². The number of carbonyl (C=O) groups excluding carboxylic acids is 1. The van der Waals surface area contributed by atoms with Gasteiger partial charge in [0.25, 0.3) is 5.56 Å². The number of hydrogen-bond donors (Lipinski definition) is 1. The van der Waals surface area contributed by atoms with E-state index in [2.05, 4.69) is 10.00 Å². The Hall–Kier alpha value is -3.53. The molecule has 0 saturated carbocycles. The minimum Gasteiger partial charge on any atom is -0.550 e. The monoisotopic (exact) mass is 456 g/mol. The van der Waals surface area contributed by atoms with Gasteiger partial charge in [0, 0.05) is 36.5 Å². The molecular formula is C21H19ClN5O5-. The summed E-state index contributed by atoms with van der Waals surface area (Å²) in [5, 5.41) is 14.7. The number of hydrogen-bond acceptors (Lipinski definition) is 6. The molecule has 0 saturated heterocycles. The van der Waals surface area contributed by atoms with Crippen molar-refractivity contribution in [3.8, 4) is 11.4 Å². The maximum absolute atomic E-state index is 13.5. The van der Waals surface area contributed by atoms with Gasteiger partial charge in [-0.15, -0.1) is 0 Å². The van der Waals surface area contributed by atoms with Gasteiger partial charge in [0.15, 0.2) is 0 Å². The number of benzene rings is 1. The summed E-state index contributed by atoms with van der Waals surface area (Å²) < 4.78 is 3.29. The Morgan fingerprint density at radius 1 is 1.12 bits per heavy atom. The van der Waals surface area contributed by atoms with Crippen molar-refractivity contribution in [2.75, 3.05) is 18.0 Å². The predicted molar refractivity (Wildman–Crippen MR) is 115 cm³/mol. The van der Waals surface area contributed by atoms with Crippen LogP contribution in [-0.4, -0.2) is 38.0 Å². The number of aromatic nitrogens is 4. The molecule has 1 unspecified atom stereocenters. The SMILES string of the molecule is CC(C(=O)[O-])c1c2c3n(c(=O)c1-n1[nH]c(=O)n(-c4ccc(Cl)cc4)c1=O)CCN3CCC2. The van der Waals surface area contributed by atoms with Gasteiger partial charge in [-0.2, -0.15) is 4.68 Å². The molecule has 32 heavy (non-hydrogen) atoms. The van der Waals surface area contributed by atoms with Crippen molar-refractivity contribution in [2.45, 2.75) is 32.2 Å². The molecule has 1 atom stereocenters. The summed E-state index contributed by atoms with van der Waals surface area (Å²) in [7, 11) is 0. The van der Waals surface area contributed by atoms with Crippen LogP contribution in [0.3, 0.4) is 0 Å². The van der Waals surface area contributed by atoms with E-state index in [9.17, 15) is 24.3 Å². The van der Waals surface area contributed by atoms with Gasteiger partial charge >= 0.3 is 11.4 Å². The van der Waals surface area contributed by atoms with Crippen LogP contribution in [0.5, 0.6) is 0 Å². The van der Waals surface area contributed by atoms with Gasteiger partial charge in [-0.05, 0) is 48.2 Å². The number of aromatic amines is 1. The molecule has 5 rings (SSSR count).